The monoisotopic (exact) mass is 359 g/mol. The maximum atomic E-state index is 9.82. The van der Waals surface area contributed by atoms with Crippen molar-refractivity contribution in [3.05, 3.63) is 29.2 Å². The number of β-amino-alcohol motifs (C(OH)–C–C–N with tert-alkyl or cyclic N) is 1. The van der Waals surface area contributed by atoms with Crippen molar-refractivity contribution in [3.63, 3.8) is 0 Å². The summed E-state index contributed by atoms with van der Waals surface area (Å²) in [5.41, 5.74) is 1.00. The van der Waals surface area contributed by atoms with Crippen molar-refractivity contribution in [1.29, 1.82) is 0 Å². The van der Waals surface area contributed by atoms with E-state index in [9.17, 15) is 5.11 Å². The van der Waals surface area contributed by atoms with Crippen LogP contribution in [-0.4, -0.2) is 55.4 Å². The number of hydrogen-bond donors (Lipinski definition) is 2. The SMILES string of the molecule is Cc1nn2cc(CCNc3nccc(N4CCC[C@H](O)C4)n3)nc2s1. The molecule has 0 unspecified atom stereocenters. The van der Waals surface area contributed by atoms with Crippen LogP contribution in [0.2, 0.25) is 0 Å². The fraction of sp³-hybridized carbons (Fsp3) is 0.500. The Balaban J connectivity index is 1.36. The summed E-state index contributed by atoms with van der Waals surface area (Å²) in [7, 11) is 0. The molecule has 132 valence electrons. The fourth-order valence-electron chi connectivity index (χ4n) is 3.04. The maximum absolute atomic E-state index is 9.82. The molecule has 4 rings (SSSR count). The van der Waals surface area contributed by atoms with Crippen LogP contribution in [0, 0.1) is 6.92 Å². The van der Waals surface area contributed by atoms with Gasteiger partial charge in [-0.2, -0.15) is 10.1 Å². The predicted molar refractivity (Wildman–Crippen MR) is 97.3 cm³/mol. The normalized spacial score (nSPS) is 18.0. The molecule has 25 heavy (non-hydrogen) atoms. The lowest BCUT2D eigenvalue weighted by atomic mass is 10.1. The summed E-state index contributed by atoms with van der Waals surface area (Å²) in [5.74, 6) is 1.46. The van der Waals surface area contributed by atoms with E-state index in [2.05, 4.69) is 30.3 Å². The first-order valence-corrected chi connectivity index (χ1v) is 9.30. The van der Waals surface area contributed by atoms with Gasteiger partial charge in [0.1, 0.15) is 10.8 Å². The Labute approximate surface area is 149 Å². The van der Waals surface area contributed by atoms with Gasteiger partial charge in [0.2, 0.25) is 10.9 Å². The number of aryl methyl sites for hydroxylation is 1. The molecule has 1 saturated heterocycles. The molecule has 3 aromatic heterocycles. The molecule has 1 aliphatic heterocycles. The van der Waals surface area contributed by atoms with E-state index < -0.39 is 0 Å². The number of rotatable bonds is 5. The molecule has 0 saturated carbocycles. The van der Waals surface area contributed by atoms with E-state index in [1.54, 1.807) is 17.5 Å². The van der Waals surface area contributed by atoms with Gasteiger partial charge in [-0.05, 0) is 25.8 Å². The number of nitrogens with one attached hydrogen (secondary N) is 1. The van der Waals surface area contributed by atoms with Crippen molar-refractivity contribution >= 4 is 28.1 Å². The van der Waals surface area contributed by atoms with E-state index in [0.29, 0.717) is 19.0 Å². The highest BCUT2D eigenvalue weighted by molar-refractivity contribution is 7.16. The summed E-state index contributed by atoms with van der Waals surface area (Å²) < 4.78 is 1.83. The van der Waals surface area contributed by atoms with Crippen LogP contribution < -0.4 is 10.2 Å². The van der Waals surface area contributed by atoms with Gasteiger partial charge in [-0.1, -0.05) is 11.3 Å². The van der Waals surface area contributed by atoms with Gasteiger partial charge in [0.25, 0.3) is 0 Å². The Morgan fingerprint density at radius 2 is 2.32 bits per heavy atom. The van der Waals surface area contributed by atoms with Crippen LogP contribution in [0.5, 0.6) is 0 Å². The number of aromatic nitrogens is 5. The second-order valence-electron chi connectivity index (χ2n) is 6.24. The Morgan fingerprint density at radius 1 is 1.40 bits per heavy atom. The summed E-state index contributed by atoms with van der Waals surface area (Å²) >= 11 is 1.59. The van der Waals surface area contributed by atoms with Gasteiger partial charge in [-0.25, -0.2) is 14.5 Å². The van der Waals surface area contributed by atoms with E-state index in [1.165, 1.54) is 0 Å². The number of aliphatic hydroxyl groups excluding tert-OH is 1. The standard InChI is InChI=1S/C16H21N7OS/c1-11-21-23-9-12(19-16(23)25-11)4-6-17-15-18-7-5-14(20-15)22-8-2-3-13(24)10-22/h5,7,9,13,24H,2-4,6,8,10H2,1H3,(H,17,18,20)/t13-/m0/s1. The second kappa shape index (κ2) is 6.93. The van der Waals surface area contributed by atoms with Gasteiger partial charge < -0.3 is 15.3 Å². The number of fused-ring (bicyclic) bond motifs is 1. The minimum atomic E-state index is -0.271. The van der Waals surface area contributed by atoms with Crippen LogP contribution in [0.1, 0.15) is 23.5 Å². The zero-order valence-corrected chi connectivity index (χ0v) is 14.9. The molecule has 2 N–H and O–H groups in total. The van der Waals surface area contributed by atoms with Crippen molar-refractivity contribution in [3.8, 4) is 0 Å². The molecule has 1 fully saturated rings. The number of hydrogen-bond acceptors (Lipinski definition) is 8. The maximum Gasteiger partial charge on any atom is 0.224 e. The van der Waals surface area contributed by atoms with Crippen molar-refractivity contribution in [2.24, 2.45) is 0 Å². The third-order valence-electron chi connectivity index (χ3n) is 4.22. The van der Waals surface area contributed by atoms with Gasteiger partial charge in [-0.3, -0.25) is 0 Å². The Bertz CT molecular complexity index is 830. The average Bonchev–Trinajstić information content (AvgIpc) is 3.12. The molecule has 0 aliphatic carbocycles. The van der Waals surface area contributed by atoms with Gasteiger partial charge in [0.05, 0.1) is 18.0 Å². The molecular formula is C16H21N7OS. The summed E-state index contributed by atoms with van der Waals surface area (Å²) in [6.45, 7) is 4.24. The number of aliphatic hydroxyl groups is 1. The summed E-state index contributed by atoms with van der Waals surface area (Å²) in [5, 5.41) is 18.5. The number of piperidine rings is 1. The molecular weight excluding hydrogens is 338 g/mol. The van der Waals surface area contributed by atoms with Gasteiger partial charge >= 0.3 is 0 Å². The zero-order chi connectivity index (χ0) is 17.2. The first kappa shape index (κ1) is 16.2. The highest BCUT2D eigenvalue weighted by Crippen LogP contribution is 2.18. The lowest BCUT2D eigenvalue weighted by Crippen LogP contribution is -2.38. The smallest absolute Gasteiger partial charge is 0.224 e. The van der Waals surface area contributed by atoms with Crippen LogP contribution in [-0.2, 0) is 6.42 Å². The lowest BCUT2D eigenvalue weighted by Gasteiger charge is -2.31. The van der Waals surface area contributed by atoms with Crippen molar-refractivity contribution in [2.45, 2.75) is 32.3 Å². The molecule has 0 radical (unpaired) electrons. The average molecular weight is 359 g/mol. The van der Waals surface area contributed by atoms with Crippen LogP contribution >= 0.6 is 11.3 Å². The first-order valence-electron chi connectivity index (χ1n) is 8.49. The van der Waals surface area contributed by atoms with Crippen molar-refractivity contribution in [2.75, 3.05) is 29.9 Å². The highest BCUT2D eigenvalue weighted by atomic mass is 32.1. The lowest BCUT2D eigenvalue weighted by molar-refractivity contribution is 0.154. The van der Waals surface area contributed by atoms with Gasteiger partial charge in [-0.15, -0.1) is 0 Å². The van der Waals surface area contributed by atoms with Gasteiger partial charge in [0, 0.05) is 32.3 Å². The fourth-order valence-corrected chi connectivity index (χ4v) is 3.78. The summed E-state index contributed by atoms with van der Waals surface area (Å²) in [6, 6.07) is 1.89. The molecule has 0 amide bonds. The molecule has 9 heteroatoms. The van der Waals surface area contributed by atoms with Crippen LogP contribution in [0.4, 0.5) is 11.8 Å². The Kier molecular flexibility index (Phi) is 4.50. The quantitative estimate of drug-likeness (QED) is 0.713. The van der Waals surface area contributed by atoms with Crippen molar-refractivity contribution < 1.29 is 5.11 Å². The van der Waals surface area contributed by atoms with Crippen molar-refractivity contribution in [1.82, 2.24) is 24.6 Å². The molecule has 1 aliphatic rings. The topological polar surface area (TPSA) is 91.5 Å². The largest absolute Gasteiger partial charge is 0.391 e. The van der Waals surface area contributed by atoms with Crippen LogP contribution in [0.25, 0.3) is 4.96 Å². The first-order chi connectivity index (χ1) is 12.2. The third kappa shape index (κ3) is 3.72. The minimum Gasteiger partial charge on any atom is -0.391 e. The third-order valence-corrected chi connectivity index (χ3v) is 5.06. The summed E-state index contributed by atoms with van der Waals surface area (Å²) in [6.07, 6.45) is 6.08. The molecule has 0 aromatic carbocycles. The second-order valence-corrected chi connectivity index (χ2v) is 7.40. The Morgan fingerprint density at radius 3 is 3.16 bits per heavy atom. The van der Waals surface area contributed by atoms with E-state index in [-0.39, 0.29) is 6.10 Å². The van der Waals surface area contributed by atoms with E-state index in [4.69, 9.17) is 0 Å². The van der Waals surface area contributed by atoms with Gasteiger partial charge in [0.15, 0.2) is 0 Å². The molecule has 0 bridgehead atoms. The Hall–Kier alpha value is -2.26. The molecule has 1 atom stereocenters. The van der Waals surface area contributed by atoms with Crippen LogP contribution in [0.15, 0.2) is 18.5 Å². The molecule has 4 heterocycles. The molecule has 8 nitrogen and oxygen atoms in total. The molecule has 0 spiro atoms. The molecule has 3 aromatic rings. The predicted octanol–water partition coefficient (Wildman–Crippen LogP) is 1.50. The number of nitrogens with zero attached hydrogens (tertiary/aromatic N) is 6. The van der Waals surface area contributed by atoms with Crippen LogP contribution in [0.3, 0.4) is 0 Å². The van der Waals surface area contributed by atoms with E-state index >= 15 is 0 Å². The van der Waals surface area contributed by atoms with E-state index in [1.807, 2.05) is 23.7 Å². The van der Waals surface area contributed by atoms with E-state index in [0.717, 1.165) is 47.3 Å². The minimum absolute atomic E-state index is 0.271. The zero-order valence-electron chi connectivity index (χ0n) is 14.1. The number of anilines is 2. The summed E-state index contributed by atoms with van der Waals surface area (Å²) in [4.78, 5) is 16.4. The number of imidazole rings is 1. The highest BCUT2D eigenvalue weighted by Gasteiger charge is 2.19.